The molecule has 700 valence electrons. The summed E-state index contributed by atoms with van der Waals surface area (Å²) in [5, 5.41) is 27.2. The van der Waals surface area contributed by atoms with E-state index in [1.165, 1.54) is 176 Å². The van der Waals surface area contributed by atoms with E-state index in [1.54, 1.807) is 86.8 Å². The lowest BCUT2D eigenvalue weighted by atomic mass is 9.86. The summed E-state index contributed by atoms with van der Waals surface area (Å²) in [6.45, 7) is 13.0. The summed E-state index contributed by atoms with van der Waals surface area (Å²) in [5.41, 5.74) is 9.51. The summed E-state index contributed by atoms with van der Waals surface area (Å²) in [4.78, 5) is 182. The van der Waals surface area contributed by atoms with Crippen LogP contribution >= 0.6 is 70.2 Å². The Balaban J connectivity index is 0.000000129. The van der Waals surface area contributed by atoms with Gasteiger partial charge in [0.25, 0.3) is 40.7 Å². The van der Waals surface area contributed by atoms with Crippen LogP contribution in [0.2, 0.25) is 0 Å². The number of amides is 5. The summed E-state index contributed by atoms with van der Waals surface area (Å²) in [7, 11) is 0. The second kappa shape index (κ2) is 44.8. The van der Waals surface area contributed by atoms with Gasteiger partial charge in [-0.05, 0) is 122 Å². The number of aryl methyl sites for hydroxylation is 1. The molecule has 11 aliphatic rings. The zero-order valence-electron chi connectivity index (χ0n) is 75.2. The monoisotopic (exact) mass is 1930 g/mol. The first-order valence-corrected chi connectivity index (χ1v) is 50.9. The number of Topliss-reactive ketones (excluding diaryl/α,β-unsaturated/α-hetero) is 3. The third-order valence-electron chi connectivity index (χ3n) is 26.3. The van der Waals surface area contributed by atoms with Crippen molar-refractivity contribution in [3.63, 3.8) is 0 Å². The third-order valence-corrected chi connectivity index (χ3v) is 31.9. The average Bonchev–Trinajstić information content (AvgIpc) is 1.60. The largest absolute Gasteiger partial charge is 0.480 e. The van der Waals surface area contributed by atoms with E-state index >= 15 is 0 Å². The highest BCUT2D eigenvalue weighted by Gasteiger charge is 2.44. The number of thiazole rings is 2. The number of nitrogens with zero attached hydrogens (tertiary/aromatic N) is 7. The minimum absolute atomic E-state index is 0.0118. The Kier molecular flexibility index (Phi) is 32.4. The van der Waals surface area contributed by atoms with Crippen molar-refractivity contribution in [2.45, 2.75) is 193 Å². The number of carboxylic acids is 3. The maximum atomic E-state index is 13.2. The van der Waals surface area contributed by atoms with Crippen LogP contribution in [0.5, 0.6) is 0 Å². The van der Waals surface area contributed by atoms with Gasteiger partial charge in [0.2, 0.25) is 5.12 Å². The van der Waals surface area contributed by atoms with Gasteiger partial charge in [-0.2, -0.15) is 0 Å². The van der Waals surface area contributed by atoms with Crippen LogP contribution in [-0.4, -0.2) is 131 Å². The molecule has 6 aromatic carbocycles. The second-order valence-electron chi connectivity index (χ2n) is 35.4. The molecule has 8 aromatic rings. The van der Waals surface area contributed by atoms with Crippen molar-refractivity contribution in [1.29, 1.82) is 0 Å². The zero-order chi connectivity index (χ0) is 95.3. The number of hydrogen-bond donors (Lipinski definition) is 3. The van der Waals surface area contributed by atoms with E-state index in [4.69, 9.17) is 17.3 Å². The molecular formula is C105H107N7O17S6. The number of thiocarbonyl (C=S) groups is 1. The summed E-state index contributed by atoms with van der Waals surface area (Å²) in [6.07, 6.45) is 30.8. The number of fused-ring (bicyclic) bond motifs is 5. The minimum atomic E-state index is -1.11. The number of benzene rings is 6. The van der Waals surface area contributed by atoms with Crippen molar-refractivity contribution in [1.82, 2.24) is 9.13 Å². The quantitative estimate of drug-likeness (QED) is 0.0219. The van der Waals surface area contributed by atoms with E-state index in [1.807, 2.05) is 71.6 Å². The van der Waals surface area contributed by atoms with Crippen molar-refractivity contribution in [3.8, 4) is 0 Å². The minimum Gasteiger partial charge on any atom is -0.480 e. The molecule has 10 heterocycles. The molecule has 8 aliphatic heterocycles. The van der Waals surface area contributed by atoms with Crippen LogP contribution in [0.4, 0.5) is 28.4 Å². The Bertz CT molecular complexity index is 6440. The standard InChI is InChI=1S/C24H28N2O4S.C24H22N2O4S.C21H23NO3S.C21H23NO2S2.C15H11NO4S/c2*1-16-25(14-8-7-11-17-9-3-2-4-10-17)24(30)22(31-16)21-18-12-5-6-13-19(18)26(23(21)29)15-20(27)28;23-17-13-18(24)26-20(17)19-15-10-4-5-11-16(15)22(21(19)25)12-6-9-14-7-2-1-3-8-14;23-17-13-18(25)26-20(17)19-15-10-4-5-11-16(15)22(21(19)24)12-6-9-14-7-2-1-3-8-14;1-8-6-11(17)14(21-8)13-9-4-2-3-5-10(9)16(15(13)20)7-12(18)19/h5-6,12-13,17H,1-4,7-11,14-15H2,(H,27,28);2-6,9-10,12-13H,1,7-8,11,14-15H2,(H,27,28);2*4-5,10-11,14H,1-3,6-9,12-13H2;2-5H,1,6-7H2,(H,18,19)/b2*22-21-;2*20-19-;14-13-. The number of rotatable bonds is 24. The molecule has 2 aromatic heterocycles. The van der Waals surface area contributed by atoms with E-state index in [0.29, 0.717) is 112 Å². The normalized spacial score (nSPS) is 20.1. The molecule has 3 aliphatic carbocycles. The van der Waals surface area contributed by atoms with Gasteiger partial charge in [-0.25, -0.2) is 0 Å². The summed E-state index contributed by atoms with van der Waals surface area (Å²) in [6, 6.07) is 46.5. The van der Waals surface area contributed by atoms with Gasteiger partial charge in [0.15, 0.2) is 17.3 Å². The third kappa shape index (κ3) is 22.3. The number of aliphatic carboxylic acids is 3. The van der Waals surface area contributed by atoms with E-state index < -0.39 is 55.3 Å². The number of para-hydroxylation sites is 5. The molecule has 0 bridgehead atoms. The molecule has 0 unspecified atom stereocenters. The number of hydrogen-bond acceptors (Lipinski definition) is 20. The van der Waals surface area contributed by atoms with Crippen molar-refractivity contribution in [2.24, 2.45) is 17.8 Å². The molecule has 3 saturated heterocycles. The van der Waals surface area contributed by atoms with Gasteiger partial charge in [0.1, 0.15) is 28.7 Å². The van der Waals surface area contributed by atoms with E-state index in [2.05, 4.69) is 31.9 Å². The number of allylic oxidation sites excluding steroid dienone is 4. The maximum Gasteiger partial charge on any atom is 0.323 e. The molecule has 3 N–H and O–H groups in total. The van der Waals surface area contributed by atoms with Gasteiger partial charge >= 0.3 is 17.9 Å². The smallest absolute Gasteiger partial charge is 0.323 e. The number of carbonyl (C=O) groups excluding carboxylic acids is 9. The lowest BCUT2D eigenvalue weighted by Crippen LogP contribution is -2.36. The summed E-state index contributed by atoms with van der Waals surface area (Å²) in [5.74, 6) is -2.73. The van der Waals surface area contributed by atoms with Crippen LogP contribution in [0.1, 0.15) is 207 Å². The molecule has 0 spiro atoms. The van der Waals surface area contributed by atoms with Gasteiger partial charge in [0.05, 0.1) is 97.4 Å². The van der Waals surface area contributed by atoms with Gasteiger partial charge in [0, 0.05) is 60.4 Å². The Morgan fingerprint density at radius 2 is 0.659 bits per heavy atom. The number of aromatic nitrogens is 2. The highest BCUT2D eigenvalue weighted by atomic mass is 32.2. The highest BCUT2D eigenvalue weighted by molar-refractivity contribution is 8.27. The fourth-order valence-corrected chi connectivity index (χ4v) is 25.1. The Labute approximate surface area is 808 Å². The molecule has 3 saturated carbocycles. The zero-order valence-corrected chi connectivity index (χ0v) is 80.1. The molecule has 5 amide bonds. The first-order valence-electron chi connectivity index (χ1n) is 46.4. The van der Waals surface area contributed by atoms with E-state index in [-0.39, 0.29) is 75.8 Å². The molecule has 24 nitrogen and oxygen atoms in total. The number of carboxylic acid groups (broad SMARTS) is 3. The molecule has 6 fully saturated rings. The molecule has 0 radical (unpaired) electrons. The fourth-order valence-electron chi connectivity index (χ4n) is 19.8. The van der Waals surface area contributed by atoms with Gasteiger partial charge in [-0.1, -0.05) is 286 Å². The van der Waals surface area contributed by atoms with Crippen LogP contribution in [0.3, 0.4) is 0 Å². The lowest BCUT2D eigenvalue weighted by Gasteiger charge is -2.23. The number of ketones is 3. The van der Waals surface area contributed by atoms with Gasteiger partial charge in [-0.15, -0.1) is 22.7 Å². The summed E-state index contributed by atoms with van der Waals surface area (Å²) < 4.78 is 5.85. The molecule has 30 heteroatoms. The van der Waals surface area contributed by atoms with Crippen LogP contribution < -0.4 is 54.0 Å². The first-order chi connectivity index (χ1) is 65.2. The highest BCUT2D eigenvalue weighted by Crippen LogP contribution is 2.50. The predicted molar refractivity (Wildman–Crippen MR) is 539 cm³/mol. The summed E-state index contributed by atoms with van der Waals surface area (Å²) >= 11 is 11.0. The van der Waals surface area contributed by atoms with E-state index in [9.17, 15) is 77.3 Å². The number of unbranched alkanes of at least 4 members (excludes halogenated alkanes) is 2. The molecular weight excluding hydrogens is 1820 g/mol. The average molecular weight is 1930 g/mol. The Hall–Kier alpha value is -11.8. The number of carbonyl (C=O) groups is 12. The topological polar surface area (TPSA) is 326 Å². The van der Waals surface area contributed by atoms with Crippen LogP contribution in [0, 0.1) is 17.8 Å². The Morgan fingerprint density at radius 1 is 0.341 bits per heavy atom. The number of anilines is 5. The van der Waals surface area contributed by atoms with E-state index in [0.717, 1.165) is 110 Å². The molecule has 19 rings (SSSR count). The van der Waals surface area contributed by atoms with Crippen molar-refractivity contribution < 1.29 is 72.9 Å². The van der Waals surface area contributed by atoms with Crippen LogP contribution in [0.15, 0.2) is 187 Å². The fraction of sp³-hybridized carbons (Fsp3) is 0.362. The van der Waals surface area contributed by atoms with Gasteiger partial charge < -0.3 is 25.1 Å². The van der Waals surface area contributed by atoms with Crippen LogP contribution in [0.25, 0.3) is 41.0 Å². The van der Waals surface area contributed by atoms with Gasteiger partial charge in [-0.3, -0.25) is 91.0 Å². The molecule has 135 heavy (non-hydrogen) atoms. The van der Waals surface area contributed by atoms with Crippen molar-refractivity contribution >= 4 is 214 Å². The molecule has 0 atom stereocenters. The second-order valence-corrected chi connectivity index (χ2v) is 41.7. The van der Waals surface area contributed by atoms with Crippen molar-refractivity contribution in [2.75, 3.05) is 57.2 Å². The number of thioether (sulfide) groups is 3. The Morgan fingerprint density at radius 3 is 1.01 bits per heavy atom. The maximum absolute atomic E-state index is 13.2. The first kappa shape index (κ1) is 97.7. The van der Waals surface area contributed by atoms with Crippen molar-refractivity contribution in [3.05, 3.63) is 250 Å². The SMILES string of the molecule is C=C1CC(=O)/C(=C2/C(=O)N(CC(=O)O)c3ccccc32)S1.C=c1s/c(=C2\C(=O)N(CC(=O)O)c3ccccc32)c(=O)n1CCCCC1CCCCC1.C=c1s/c(=C2\C(=O)N(CC(=O)O)c3ccccc32)c(=O)n1CCCCc1ccccc1.O=C1CC(=O)/C(=C2/C(=O)N(CCCC3CCCCC3)c3ccccc32)S1.O=C1CC(=S)S/C1=C1\C(=O)N(CCCC2CCCCC2)c2ccccc21. The lowest BCUT2D eigenvalue weighted by molar-refractivity contribution is -0.137. The van der Waals surface area contributed by atoms with Crippen LogP contribution in [-0.2, 0) is 77.0 Å². The predicted octanol–water partition coefficient (Wildman–Crippen LogP) is 16.2.